The van der Waals surface area contributed by atoms with Crippen LogP contribution in [0, 0.1) is 27.2 Å². The molecule has 0 aromatic heterocycles. The predicted molar refractivity (Wildman–Crippen MR) is 115 cm³/mol. The molecule has 3 fully saturated rings. The summed E-state index contributed by atoms with van der Waals surface area (Å²) in [6.45, 7) is 0.110. The molecule has 10 nitrogen and oxygen atoms in total. The number of aromatic hydroxyl groups is 1. The van der Waals surface area contributed by atoms with E-state index in [1.54, 1.807) is 12.1 Å². The van der Waals surface area contributed by atoms with Crippen LogP contribution in [0.1, 0.15) is 24.5 Å². The Balaban J connectivity index is 1.74. The number of hydrogen-bond donors (Lipinski definition) is 2. The first-order valence-corrected chi connectivity index (χ1v) is 11.2. The molecule has 0 bridgehead atoms. The number of benzene rings is 1. The van der Waals surface area contributed by atoms with E-state index in [0.717, 1.165) is 7.11 Å². The minimum atomic E-state index is -1.74. The van der Waals surface area contributed by atoms with Crippen LogP contribution in [0.2, 0.25) is 0 Å². The van der Waals surface area contributed by atoms with Crippen LogP contribution in [0.5, 0.6) is 11.5 Å². The lowest BCUT2D eigenvalue weighted by Crippen LogP contribution is -2.54. The first-order valence-electron chi connectivity index (χ1n) is 10.1. The lowest BCUT2D eigenvalue weighted by molar-refractivity contribution is -0.275. The number of aliphatic hydroxyl groups is 1. The van der Waals surface area contributed by atoms with Crippen molar-refractivity contribution in [2.24, 2.45) is 23.7 Å². The number of nitrogens with zero attached hydrogens (tertiary/aromatic N) is 1. The third kappa shape index (κ3) is 3.37. The van der Waals surface area contributed by atoms with Crippen LogP contribution < -0.4 is 4.74 Å². The van der Waals surface area contributed by atoms with Gasteiger partial charge in [0.15, 0.2) is 17.3 Å². The van der Waals surface area contributed by atoms with Crippen molar-refractivity contribution < 1.29 is 43.5 Å². The van der Waals surface area contributed by atoms with Crippen molar-refractivity contribution in [1.82, 2.24) is 4.90 Å². The number of imide groups is 3. The standard InChI is InChI=1S/C21H24INO9/c1-29-8-10-6-11-16(19(26)23(18(11)25)20(27)31-3)12-7-14(32-21(10,12)28)9-4-13(22)17(24)15(5-9)30-2/h4-5,10-12,14,16,24,28H,6-8H2,1-3H3/t10-,11+,12+,14+,16+,21-/m1/s1. The summed E-state index contributed by atoms with van der Waals surface area (Å²) in [7, 11) is 4.01. The van der Waals surface area contributed by atoms with Crippen molar-refractivity contribution in [3.63, 3.8) is 0 Å². The van der Waals surface area contributed by atoms with Gasteiger partial charge < -0.3 is 29.2 Å². The summed E-state index contributed by atoms with van der Waals surface area (Å²) in [5.74, 6) is -5.81. The van der Waals surface area contributed by atoms with Crippen molar-refractivity contribution in [2.75, 3.05) is 27.9 Å². The van der Waals surface area contributed by atoms with E-state index in [-0.39, 0.29) is 30.9 Å². The highest BCUT2D eigenvalue weighted by Crippen LogP contribution is 2.58. The molecule has 11 heteroatoms. The molecule has 6 atom stereocenters. The summed E-state index contributed by atoms with van der Waals surface area (Å²) in [4.78, 5) is 38.6. The number of fused-ring (bicyclic) bond motifs is 3. The zero-order chi connectivity index (χ0) is 23.4. The smallest absolute Gasteiger partial charge is 0.423 e. The molecule has 2 N–H and O–H groups in total. The molecule has 1 saturated carbocycles. The molecule has 32 heavy (non-hydrogen) atoms. The summed E-state index contributed by atoms with van der Waals surface area (Å²) < 4.78 is 21.8. The summed E-state index contributed by atoms with van der Waals surface area (Å²) in [5.41, 5.74) is 0.654. The zero-order valence-electron chi connectivity index (χ0n) is 17.7. The molecule has 1 aliphatic carbocycles. The van der Waals surface area contributed by atoms with Crippen molar-refractivity contribution in [1.29, 1.82) is 0 Å². The maximum absolute atomic E-state index is 13.1. The van der Waals surface area contributed by atoms with Crippen molar-refractivity contribution in [2.45, 2.75) is 24.7 Å². The fourth-order valence-corrected chi connectivity index (χ4v) is 5.91. The Labute approximate surface area is 197 Å². The predicted octanol–water partition coefficient (Wildman–Crippen LogP) is 1.81. The Bertz CT molecular complexity index is 969. The molecule has 1 aromatic carbocycles. The highest BCUT2D eigenvalue weighted by Gasteiger charge is 2.67. The van der Waals surface area contributed by atoms with E-state index in [2.05, 4.69) is 4.74 Å². The fraction of sp³-hybridized carbons (Fsp3) is 0.571. The van der Waals surface area contributed by atoms with Crippen molar-refractivity contribution in [3.8, 4) is 11.5 Å². The summed E-state index contributed by atoms with van der Waals surface area (Å²) in [5, 5.41) is 21.8. The Kier molecular flexibility index (Phi) is 6.11. The van der Waals surface area contributed by atoms with E-state index in [9.17, 15) is 24.6 Å². The summed E-state index contributed by atoms with van der Waals surface area (Å²) >= 11 is 1.97. The first kappa shape index (κ1) is 23.2. The van der Waals surface area contributed by atoms with Crippen LogP contribution in [0.4, 0.5) is 4.79 Å². The van der Waals surface area contributed by atoms with E-state index in [1.807, 2.05) is 22.6 Å². The van der Waals surface area contributed by atoms with Crippen LogP contribution >= 0.6 is 22.6 Å². The van der Waals surface area contributed by atoms with Gasteiger partial charge in [-0.1, -0.05) is 0 Å². The average Bonchev–Trinajstić information content (AvgIpc) is 3.24. The summed E-state index contributed by atoms with van der Waals surface area (Å²) in [6, 6.07) is 3.34. The highest BCUT2D eigenvalue weighted by atomic mass is 127. The van der Waals surface area contributed by atoms with Gasteiger partial charge in [0.05, 0.1) is 42.3 Å². The highest BCUT2D eigenvalue weighted by molar-refractivity contribution is 14.1. The quantitative estimate of drug-likeness (QED) is 0.418. The second-order valence-electron chi connectivity index (χ2n) is 8.26. The third-order valence-electron chi connectivity index (χ3n) is 6.73. The number of likely N-dealkylation sites (tertiary alicyclic amines) is 1. The normalized spacial score (nSPS) is 33.8. The molecule has 0 radical (unpaired) electrons. The number of carbonyl (C=O) groups is 3. The number of methoxy groups -OCH3 is 3. The Morgan fingerprint density at radius 1 is 1.25 bits per heavy atom. The Hall–Kier alpha value is -1.96. The fourth-order valence-electron chi connectivity index (χ4n) is 5.29. The Morgan fingerprint density at radius 3 is 2.59 bits per heavy atom. The van der Waals surface area contributed by atoms with Gasteiger partial charge in [0.1, 0.15) is 0 Å². The topological polar surface area (TPSA) is 132 Å². The van der Waals surface area contributed by atoms with Crippen LogP contribution in [0.15, 0.2) is 12.1 Å². The molecule has 1 aromatic rings. The van der Waals surface area contributed by atoms with Crippen LogP contribution in [0.3, 0.4) is 0 Å². The van der Waals surface area contributed by atoms with E-state index >= 15 is 0 Å². The van der Waals surface area contributed by atoms with Gasteiger partial charge in [-0.05, 0) is 53.1 Å². The van der Waals surface area contributed by atoms with Gasteiger partial charge in [0.2, 0.25) is 11.8 Å². The van der Waals surface area contributed by atoms with Crippen molar-refractivity contribution >= 4 is 40.5 Å². The minimum absolute atomic E-state index is 0.00594. The van der Waals surface area contributed by atoms with Gasteiger partial charge in [0, 0.05) is 18.9 Å². The van der Waals surface area contributed by atoms with Gasteiger partial charge in [-0.3, -0.25) is 9.59 Å². The first-order chi connectivity index (χ1) is 15.2. The number of halogens is 1. The number of rotatable bonds is 4. The lowest BCUT2D eigenvalue weighted by atomic mass is 9.64. The number of ether oxygens (including phenoxy) is 4. The molecule has 2 aliphatic heterocycles. The monoisotopic (exact) mass is 561 g/mol. The third-order valence-corrected chi connectivity index (χ3v) is 7.55. The number of carbonyl (C=O) groups excluding carboxylic acids is 3. The van der Waals surface area contributed by atoms with Gasteiger partial charge in [-0.2, -0.15) is 4.90 Å². The average molecular weight is 561 g/mol. The molecular formula is C21H24INO9. The van der Waals surface area contributed by atoms with Gasteiger partial charge in [-0.25, -0.2) is 4.79 Å². The number of hydrogen-bond acceptors (Lipinski definition) is 9. The number of phenols is 1. The number of amides is 3. The second kappa shape index (κ2) is 8.43. The molecular weight excluding hydrogens is 537 g/mol. The van der Waals surface area contributed by atoms with Gasteiger partial charge >= 0.3 is 6.09 Å². The Morgan fingerprint density at radius 2 is 1.97 bits per heavy atom. The van der Waals surface area contributed by atoms with E-state index in [1.165, 1.54) is 14.2 Å². The van der Waals surface area contributed by atoms with Crippen LogP contribution in [0.25, 0.3) is 0 Å². The summed E-state index contributed by atoms with van der Waals surface area (Å²) in [6.07, 6.45) is -1.29. The van der Waals surface area contributed by atoms with Gasteiger partial charge in [-0.15, -0.1) is 0 Å². The molecule has 3 amide bonds. The van der Waals surface area contributed by atoms with E-state index in [4.69, 9.17) is 14.2 Å². The van der Waals surface area contributed by atoms with Gasteiger partial charge in [0.25, 0.3) is 0 Å². The molecule has 0 unspecified atom stereocenters. The largest absolute Gasteiger partial charge is 0.504 e. The van der Waals surface area contributed by atoms with Crippen LogP contribution in [-0.4, -0.2) is 66.7 Å². The van der Waals surface area contributed by atoms with Crippen LogP contribution in [-0.2, 0) is 23.8 Å². The molecule has 3 aliphatic rings. The molecule has 2 heterocycles. The number of phenolic OH excluding ortho intramolecular Hbond substituents is 1. The van der Waals surface area contributed by atoms with Crippen molar-refractivity contribution in [3.05, 3.63) is 21.3 Å². The molecule has 0 spiro atoms. The molecule has 4 rings (SSSR count). The second-order valence-corrected chi connectivity index (χ2v) is 9.42. The lowest BCUT2D eigenvalue weighted by Gasteiger charge is -2.44. The van der Waals surface area contributed by atoms with E-state index in [0.29, 0.717) is 14.0 Å². The molecule has 174 valence electrons. The molecule has 2 saturated heterocycles. The maximum Gasteiger partial charge on any atom is 0.423 e. The zero-order valence-corrected chi connectivity index (χ0v) is 19.9. The minimum Gasteiger partial charge on any atom is -0.504 e. The van der Waals surface area contributed by atoms with E-state index < -0.39 is 53.5 Å². The maximum atomic E-state index is 13.1. The SMILES string of the molecule is COC[C@H]1C[C@@H]2C(=O)N(C(=O)OC)C(=O)[C@@H]2[C@@H]2C[C@@H](c3cc(I)c(O)c(OC)c3)O[C@]12O.